The first-order valence-corrected chi connectivity index (χ1v) is 18.5. The molecule has 4 heterocycles. The van der Waals surface area contributed by atoms with E-state index in [1.54, 1.807) is 40.7 Å². The number of benzene rings is 3. The summed E-state index contributed by atoms with van der Waals surface area (Å²) in [7, 11) is 3.32. The minimum absolute atomic E-state index is 0.105. The number of aryl methyl sites for hydroxylation is 2. The highest BCUT2D eigenvalue weighted by atomic mass is 35.5. The van der Waals surface area contributed by atoms with Gasteiger partial charge in [-0.1, -0.05) is 78.3 Å². The molecule has 12 heteroatoms. The number of piperidine rings is 1. The number of nitrogens with one attached hydrogen (secondary N) is 3. The van der Waals surface area contributed by atoms with Gasteiger partial charge in [-0.15, -0.1) is 0 Å². The van der Waals surface area contributed by atoms with Gasteiger partial charge in [0.2, 0.25) is 17.7 Å². The molecule has 3 unspecified atom stereocenters. The molecule has 0 bridgehead atoms. The molecule has 0 aliphatic carbocycles. The summed E-state index contributed by atoms with van der Waals surface area (Å²) in [5.74, 6) is -1.78. The van der Waals surface area contributed by atoms with Crippen LogP contribution in [0.1, 0.15) is 34.5 Å². The molecular formula is C41H44ClN7O4. The average Bonchev–Trinajstić information content (AvgIpc) is 3.90. The van der Waals surface area contributed by atoms with Gasteiger partial charge in [0, 0.05) is 68.0 Å². The largest absolute Gasteiger partial charge is 0.361 e. The summed E-state index contributed by atoms with van der Waals surface area (Å²) in [6.07, 6.45) is 3.92. The highest BCUT2D eigenvalue weighted by molar-refractivity contribution is 6.31. The third kappa shape index (κ3) is 7.85. The Kier molecular flexibility index (Phi) is 10.6. The standard InChI is InChI=1S/C41H44ClN7O4/c1-43-40(52)34(15-9-12-26-10-5-3-6-11-26)45-39(51)33-25-48(38(50)18-28-21-44-36-19-30(42)16-17-31(28)36)22-29-23-49(24-32(29)33)41(53)37-20-35(46-47(37)2)27-13-7-4-8-14-27/h3-8,10-11,13-14,16-17,19-21,29,32-34,44H,9,12,15,18,22-25H2,1-2H3,(H,43,52)(H,45,51)/t29?,32?,33?,34-/m0/s1. The summed E-state index contributed by atoms with van der Waals surface area (Å²) < 4.78 is 1.60. The molecule has 2 saturated heterocycles. The van der Waals surface area contributed by atoms with E-state index in [0.717, 1.165) is 34.0 Å². The fourth-order valence-electron chi connectivity index (χ4n) is 7.96. The molecule has 0 saturated carbocycles. The topological polar surface area (TPSA) is 132 Å². The SMILES string of the molecule is CNC(=O)[C@H](CCCc1ccccc1)NC(=O)C1CN(C(=O)Cc2c[nH]c3cc(Cl)ccc23)CC2CN(C(=O)c3cc(-c4ccccc4)nn3C)CC21. The summed E-state index contributed by atoms with van der Waals surface area (Å²) in [5, 5.41) is 11.9. The van der Waals surface area contributed by atoms with Crippen molar-refractivity contribution in [3.05, 3.63) is 113 Å². The fourth-order valence-corrected chi connectivity index (χ4v) is 8.13. The number of aromatic amines is 1. The van der Waals surface area contributed by atoms with Gasteiger partial charge in [0.25, 0.3) is 5.91 Å². The Morgan fingerprint density at radius 3 is 2.42 bits per heavy atom. The van der Waals surface area contributed by atoms with Gasteiger partial charge in [-0.05, 0) is 60.4 Å². The quantitative estimate of drug-likeness (QED) is 0.178. The van der Waals surface area contributed by atoms with E-state index >= 15 is 0 Å². The molecule has 2 aromatic heterocycles. The lowest BCUT2D eigenvalue weighted by atomic mass is 9.79. The highest BCUT2D eigenvalue weighted by Gasteiger charge is 2.48. The van der Waals surface area contributed by atoms with Crippen LogP contribution in [-0.4, -0.2) is 87.5 Å². The lowest BCUT2D eigenvalue weighted by molar-refractivity contribution is -0.140. The van der Waals surface area contributed by atoms with Crippen molar-refractivity contribution >= 4 is 46.1 Å². The van der Waals surface area contributed by atoms with Gasteiger partial charge in [-0.2, -0.15) is 5.10 Å². The number of hydrogen-bond donors (Lipinski definition) is 3. The fraction of sp³-hybridized carbons (Fsp3) is 0.341. The second-order valence-electron chi connectivity index (χ2n) is 14.2. The number of fused-ring (bicyclic) bond motifs is 2. The first kappa shape index (κ1) is 36.0. The zero-order chi connectivity index (χ0) is 37.1. The Bertz CT molecular complexity index is 2110. The minimum atomic E-state index is -0.733. The predicted octanol–water partition coefficient (Wildman–Crippen LogP) is 4.86. The molecule has 11 nitrogen and oxygen atoms in total. The number of rotatable bonds is 11. The normalized spacial score (nSPS) is 18.8. The van der Waals surface area contributed by atoms with Crippen LogP contribution < -0.4 is 10.6 Å². The Morgan fingerprint density at radius 1 is 0.925 bits per heavy atom. The maximum Gasteiger partial charge on any atom is 0.272 e. The molecular weight excluding hydrogens is 690 g/mol. The van der Waals surface area contributed by atoms with E-state index in [9.17, 15) is 19.2 Å². The summed E-state index contributed by atoms with van der Waals surface area (Å²) in [5.41, 5.74) is 4.92. The molecule has 5 aromatic rings. The van der Waals surface area contributed by atoms with E-state index in [1.165, 1.54) is 0 Å². The predicted molar refractivity (Wildman–Crippen MR) is 204 cm³/mol. The first-order chi connectivity index (χ1) is 25.7. The third-order valence-electron chi connectivity index (χ3n) is 10.8. The third-order valence-corrected chi connectivity index (χ3v) is 11.0. The monoisotopic (exact) mass is 733 g/mol. The van der Waals surface area contributed by atoms with Crippen LogP contribution >= 0.6 is 11.6 Å². The number of H-pyrrole nitrogens is 1. The lowest BCUT2D eigenvalue weighted by Gasteiger charge is -2.40. The lowest BCUT2D eigenvalue weighted by Crippen LogP contribution is -2.56. The number of likely N-dealkylation sites (N-methyl/N-ethyl adjacent to an activating group) is 1. The number of amides is 4. The Balaban J connectivity index is 1.11. The van der Waals surface area contributed by atoms with Gasteiger partial charge >= 0.3 is 0 Å². The van der Waals surface area contributed by atoms with Crippen LogP contribution in [0, 0.1) is 17.8 Å². The number of aromatic nitrogens is 3. The second kappa shape index (κ2) is 15.7. The zero-order valence-electron chi connectivity index (χ0n) is 29.9. The van der Waals surface area contributed by atoms with Gasteiger partial charge in [0.15, 0.2) is 0 Å². The van der Waals surface area contributed by atoms with Crippen LogP contribution in [0.2, 0.25) is 5.02 Å². The van der Waals surface area contributed by atoms with Crippen LogP contribution in [-0.2, 0) is 34.3 Å². The summed E-state index contributed by atoms with van der Waals surface area (Å²) in [6, 6.07) is 26.3. The molecule has 3 N–H and O–H groups in total. The first-order valence-electron chi connectivity index (χ1n) is 18.2. The van der Waals surface area contributed by atoms with Crippen molar-refractivity contribution in [3.63, 3.8) is 0 Å². The van der Waals surface area contributed by atoms with Crippen molar-refractivity contribution in [2.24, 2.45) is 24.8 Å². The molecule has 2 aliphatic heterocycles. The van der Waals surface area contributed by atoms with Crippen molar-refractivity contribution in [1.82, 2.24) is 35.2 Å². The molecule has 2 aliphatic rings. The maximum atomic E-state index is 14.3. The van der Waals surface area contributed by atoms with Crippen molar-refractivity contribution in [1.29, 1.82) is 0 Å². The van der Waals surface area contributed by atoms with E-state index in [1.807, 2.05) is 79.0 Å². The smallest absolute Gasteiger partial charge is 0.272 e. The molecule has 0 spiro atoms. The van der Waals surface area contributed by atoms with E-state index in [-0.39, 0.29) is 48.4 Å². The number of nitrogens with zero attached hydrogens (tertiary/aromatic N) is 4. The molecule has 4 amide bonds. The van der Waals surface area contributed by atoms with Crippen molar-refractivity contribution < 1.29 is 19.2 Å². The van der Waals surface area contributed by atoms with Crippen LogP contribution in [0.15, 0.2) is 91.1 Å². The highest BCUT2D eigenvalue weighted by Crippen LogP contribution is 2.37. The van der Waals surface area contributed by atoms with Crippen molar-refractivity contribution in [3.8, 4) is 11.3 Å². The van der Waals surface area contributed by atoms with E-state index < -0.39 is 12.0 Å². The van der Waals surface area contributed by atoms with E-state index in [2.05, 4.69) is 20.7 Å². The van der Waals surface area contributed by atoms with Crippen molar-refractivity contribution in [2.45, 2.75) is 31.7 Å². The maximum absolute atomic E-state index is 14.3. The van der Waals surface area contributed by atoms with Crippen LogP contribution in [0.5, 0.6) is 0 Å². The van der Waals surface area contributed by atoms with Gasteiger partial charge in [-0.25, -0.2) is 0 Å². The van der Waals surface area contributed by atoms with Gasteiger partial charge < -0.3 is 25.4 Å². The Hall–Kier alpha value is -5.42. The van der Waals surface area contributed by atoms with Crippen LogP contribution in [0.25, 0.3) is 22.2 Å². The number of halogens is 1. The zero-order valence-corrected chi connectivity index (χ0v) is 30.7. The minimum Gasteiger partial charge on any atom is -0.361 e. The molecule has 53 heavy (non-hydrogen) atoms. The molecule has 274 valence electrons. The summed E-state index contributed by atoms with van der Waals surface area (Å²) in [6.45, 7) is 1.36. The Morgan fingerprint density at radius 2 is 1.66 bits per heavy atom. The molecule has 3 aromatic carbocycles. The van der Waals surface area contributed by atoms with Gasteiger partial charge in [-0.3, -0.25) is 23.9 Å². The average molecular weight is 734 g/mol. The summed E-state index contributed by atoms with van der Waals surface area (Å²) in [4.78, 5) is 62.2. The number of carbonyl (C=O) groups excluding carboxylic acids is 4. The van der Waals surface area contributed by atoms with Gasteiger partial charge in [0.1, 0.15) is 11.7 Å². The van der Waals surface area contributed by atoms with Gasteiger partial charge in [0.05, 0.1) is 18.0 Å². The molecule has 0 radical (unpaired) electrons. The molecule has 7 rings (SSSR count). The number of hydrogen-bond acceptors (Lipinski definition) is 5. The van der Waals surface area contributed by atoms with E-state index in [0.29, 0.717) is 48.9 Å². The summed E-state index contributed by atoms with van der Waals surface area (Å²) >= 11 is 6.19. The molecule has 2 fully saturated rings. The van der Waals surface area contributed by atoms with Crippen LogP contribution in [0.3, 0.4) is 0 Å². The molecule has 4 atom stereocenters. The second-order valence-corrected chi connectivity index (χ2v) is 14.6. The van der Waals surface area contributed by atoms with Crippen LogP contribution in [0.4, 0.5) is 0 Å². The Labute approximate surface area is 313 Å². The number of carbonyl (C=O) groups is 4. The van der Waals surface area contributed by atoms with E-state index in [4.69, 9.17) is 11.6 Å². The van der Waals surface area contributed by atoms with Crippen molar-refractivity contribution in [2.75, 3.05) is 33.2 Å². The number of likely N-dealkylation sites (tertiary alicyclic amines) is 2.